The molecule has 0 radical (unpaired) electrons. The standard InChI is InChI=1S/C24H27ClN6O6S2/c1-29-5-4-18-19(13-29)38-23(28-18)24(35)31-7-6-30(12-16(31)10-20(32)26-11-22(33)34)39(36,37)21-9-14-8-15(25)2-3-17(14)27-21/h2-3,8-9,16,27H,4-7,10-13H2,1H3,(H,26,32)(H,33,34). The highest BCUT2D eigenvalue weighted by atomic mass is 35.5. The molecule has 0 aliphatic carbocycles. The number of fused-ring (bicyclic) bond motifs is 2. The number of amides is 2. The van der Waals surface area contributed by atoms with Gasteiger partial charge >= 0.3 is 5.97 Å². The fourth-order valence-electron chi connectivity index (χ4n) is 4.84. The smallest absolute Gasteiger partial charge is 0.322 e. The number of benzene rings is 1. The number of carbonyl (C=O) groups excluding carboxylic acids is 2. The van der Waals surface area contributed by atoms with Gasteiger partial charge in [0.15, 0.2) is 5.01 Å². The van der Waals surface area contributed by atoms with Crippen LogP contribution >= 0.6 is 22.9 Å². The number of aliphatic carboxylic acids is 1. The first-order valence-electron chi connectivity index (χ1n) is 12.3. The number of nitrogens with one attached hydrogen (secondary N) is 2. The third-order valence-electron chi connectivity index (χ3n) is 6.85. The Labute approximate surface area is 233 Å². The van der Waals surface area contributed by atoms with Crippen LogP contribution in [-0.2, 0) is 32.6 Å². The summed E-state index contributed by atoms with van der Waals surface area (Å²) >= 11 is 7.36. The second-order valence-corrected chi connectivity index (χ2v) is 13.1. The van der Waals surface area contributed by atoms with Gasteiger partial charge in [0.1, 0.15) is 11.6 Å². The molecule has 2 aliphatic rings. The zero-order chi connectivity index (χ0) is 27.9. The van der Waals surface area contributed by atoms with Gasteiger partial charge in [0, 0.05) is 66.4 Å². The number of likely N-dealkylation sites (N-methyl/N-ethyl adjacent to an activating group) is 1. The van der Waals surface area contributed by atoms with E-state index in [0.717, 1.165) is 23.5 Å². The fourth-order valence-corrected chi connectivity index (χ4v) is 7.65. The number of sulfonamides is 1. The second-order valence-electron chi connectivity index (χ2n) is 9.63. The van der Waals surface area contributed by atoms with Crippen LogP contribution in [0.1, 0.15) is 26.8 Å². The maximum atomic E-state index is 13.6. The maximum Gasteiger partial charge on any atom is 0.322 e. The number of rotatable bonds is 7. The molecule has 1 fully saturated rings. The molecule has 39 heavy (non-hydrogen) atoms. The Morgan fingerprint density at radius 2 is 2.03 bits per heavy atom. The van der Waals surface area contributed by atoms with Gasteiger partial charge in [-0.15, -0.1) is 11.3 Å². The van der Waals surface area contributed by atoms with E-state index < -0.39 is 34.5 Å². The minimum absolute atomic E-state index is 0.0191. The Hall–Kier alpha value is -3.04. The van der Waals surface area contributed by atoms with E-state index in [1.54, 1.807) is 18.2 Å². The Kier molecular flexibility index (Phi) is 7.66. The molecule has 1 saturated heterocycles. The molecule has 0 saturated carbocycles. The Bertz CT molecular complexity index is 1550. The van der Waals surface area contributed by atoms with Gasteiger partial charge in [-0.2, -0.15) is 4.31 Å². The number of thiazole rings is 1. The predicted octanol–water partition coefficient (Wildman–Crippen LogP) is 1.37. The molecule has 15 heteroatoms. The molecule has 0 bridgehead atoms. The van der Waals surface area contributed by atoms with E-state index in [0.29, 0.717) is 27.5 Å². The third-order valence-corrected chi connectivity index (χ3v) is 9.94. The molecular formula is C24H27ClN6O6S2. The van der Waals surface area contributed by atoms with Gasteiger partial charge in [0.2, 0.25) is 5.91 Å². The molecule has 1 atom stereocenters. The lowest BCUT2D eigenvalue weighted by Crippen LogP contribution is -2.57. The minimum atomic E-state index is -4.00. The first-order chi connectivity index (χ1) is 18.5. The maximum absolute atomic E-state index is 13.6. The van der Waals surface area contributed by atoms with Crippen molar-refractivity contribution in [3.63, 3.8) is 0 Å². The van der Waals surface area contributed by atoms with E-state index in [9.17, 15) is 22.8 Å². The van der Waals surface area contributed by atoms with Gasteiger partial charge in [-0.25, -0.2) is 13.4 Å². The van der Waals surface area contributed by atoms with Crippen molar-refractivity contribution in [1.29, 1.82) is 0 Å². The van der Waals surface area contributed by atoms with Crippen LogP contribution in [0.3, 0.4) is 0 Å². The summed E-state index contributed by atoms with van der Waals surface area (Å²) < 4.78 is 28.4. The summed E-state index contributed by atoms with van der Waals surface area (Å²) in [6, 6.07) is 5.68. The molecule has 0 spiro atoms. The first-order valence-corrected chi connectivity index (χ1v) is 14.9. The van der Waals surface area contributed by atoms with Crippen LogP contribution in [0.5, 0.6) is 0 Å². The summed E-state index contributed by atoms with van der Waals surface area (Å²) in [5.41, 5.74) is 1.49. The third kappa shape index (κ3) is 5.79. The first kappa shape index (κ1) is 27.5. The highest BCUT2D eigenvalue weighted by molar-refractivity contribution is 7.89. The van der Waals surface area contributed by atoms with Crippen LogP contribution < -0.4 is 5.32 Å². The van der Waals surface area contributed by atoms with Gasteiger partial charge in [0.05, 0.1) is 11.7 Å². The number of hydrogen-bond donors (Lipinski definition) is 3. The monoisotopic (exact) mass is 594 g/mol. The molecular weight excluding hydrogens is 568 g/mol. The fraction of sp³-hybridized carbons (Fsp3) is 0.417. The SMILES string of the molecule is CN1CCc2nc(C(=O)N3CCN(S(=O)(=O)c4cc5cc(Cl)ccc5[nH]4)CC3CC(=O)NCC(=O)O)sc2C1. The molecule has 12 nitrogen and oxygen atoms in total. The molecule has 3 aromatic rings. The highest BCUT2D eigenvalue weighted by Gasteiger charge is 2.39. The van der Waals surface area contributed by atoms with E-state index in [1.807, 2.05) is 7.05 Å². The van der Waals surface area contributed by atoms with Crippen molar-refractivity contribution in [3.05, 3.63) is 44.9 Å². The van der Waals surface area contributed by atoms with E-state index in [2.05, 4.69) is 20.2 Å². The summed E-state index contributed by atoms with van der Waals surface area (Å²) in [6.07, 6.45) is 0.472. The summed E-state index contributed by atoms with van der Waals surface area (Å²) in [7, 11) is -2.00. The van der Waals surface area contributed by atoms with Crippen LogP contribution in [0, 0.1) is 0 Å². The van der Waals surface area contributed by atoms with Crippen LogP contribution in [0.4, 0.5) is 0 Å². The summed E-state index contributed by atoms with van der Waals surface area (Å²) in [6.45, 7) is 0.886. The number of nitrogens with zero attached hydrogens (tertiary/aromatic N) is 4. The molecule has 208 valence electrons. The predicted molar refractivity (Wildman–Crippen MR) is 144 cm³/mol. The number of aromatic nitrogens is 2. The highest BCUT2D eigenvalue weighted by Crippen LogP contribution is 2.29. The number of hydrogen-bond acceptors (Lipinski definition) is 8. The molecule has 2 aliphatic heterocycles. The van der Waals surface area contributed by atoms with Crippen molar-refractivity contribution in [2.45, 2.75) is 30.5 Å². The van der Waals surface area contributed by atoms with Crippen LogP contribution in [-0.4, -0.2) is 101 Å². The van der Waals surface area contributed by atoms with Crippen molar-refractivity contribution >= 4 is 61.6 Å². The normalized spacial score (nSPS) is 18.7. The summed E-state index contributed by atoms with van der Waals surface area (Å²) in [4.78, 5) is 49.2. The number of halogens is 1. The summed E-state index contributed by atoms with van der Waals surface area (Å²) in [5.74, 6) is -2.17. The molecule has 1 aromatic carbocycles. The zero-order valence-electron chi connectivity index (χ0n) is 21.0. The lowest BCUT2D eigenvalue weighted by Gasteiger charge is -2.40. The van der Waals surface area contributed by atoms with Gasteiger partial charge in [0.25, 0.3) is 15.9 Å². The average molecular weight is 595 g/mol. The Balaban J connectivity index is 1.40. The second kappa shape index (κ2) is 10.8. The number of H-pyrrole nitrogens is 1. The topological polar surface area (TPSA) is 156 Å². The number of carboxylic acid groups (broad SMARTS) is 1. The van der Waals surface area contributed by atoms with E-state index in [-0.39, 0.29) is 37.0 Å². The number of carboxylic acids is 1. The molecule has 2 amide bonds. The van der Waals surface area contributed by atoms with Crippen LogP contribution in [0.2, 0.25) is 5.02 Å². The molecule has 4 heterocycles. The number of aromatic amines is 1. The molecule has 2 aromatic heterocycles. The minimum Gasteiger partial charge on any atom is -0.480 e. The van der Waals surface area contributed by atoms with Crippen LogP contribution in [0.15, 0.2) is 29.3 Å². The van der Waals surface area contributed by atoms with Crippen molar-refractivity contribution < 1.29 is 27.9 Å². The quantitative estimate of drug-likeness (QED) is 0.370. The Morgan fingerprint density at radius 1 is 1.23 bits per heavy atom. The van der Waals surface area contributed by atoms with Crippen molar-refractivity contribution in [3.8, 4) is 0 Å². The molecule has 3 N–H and O–H groups in total. The average Bonchev–Trinajstić information content (AvgIpc) is 3.51. The molecule has 5 rings (SSSR count). The zero-order valence-corrected chi connectivity index (χ0v) is 23.4. The van der Waals surface area contributed by atoms with Crippen molar-refractivity contribution in [2.75, 3.05) is 39.8 Å². The van der Waals surface area contributed by atoms with Crippen LogP contribution in [0.25, 0.3) is 10.9 Å². The van der Waals surface area contributed by atoms with Gasteiger partial charge in [-0.3, -0.25) is 14.4 Å². The van der Waals surface area contributed by atoms with Crippen molar-refractivity contribution in [1.82, 2.24) is 29.4 Å². The van der Waals surface area contributed by atoms with Gasteiger partial charge in [-0.1, -0.05) is 11.6 Å². The molecule has 1 unspecified atom stereocenters. The number of piperazine rings is 1. The lowest BCUT2D eigenvalue weighted by atomic mass is 10.1. The van der Waals surface area contributed by atoms with E-state index in [4.69, 9.17) is 16.7 Å². The number of carbonyl (C=O) groups is 3. The van der Waals surface area contributed by atoms with E-state index >= 15 is 0 Å². The van der Waals surface area contributed by atoms with Gasteiger partial charge in [-0.05, 0) is 31.3 Å². The largest absolute Gasteiger partial charge is 0.480 e. The summed E-state index contributed by atoms with van der Waals surface area (Å²) in [5, 5.41) is 12.6. The van der Waals surface area contributed by atoms with Gasteiger partial charge < -0.3 is 25.2 Å². The van der Waals surface area contributed by atoms with E-state index in [1.165, 1.54) is 26.6 Å². The Morgan fingerprint density at radius 3 is 2.79 bits per heavy atom. The lowest BCUT2D eigenvalue weighted by molar-refractivity contribution is -0.138. The van der Waals surface area contributed by atoms with Crippen molar-refractivity contribution in [2.24, 2.45) is 0 Å².